The third kappa shape index (κ3) is 2.73. The number of piperidine rings is 1. The van der Waals surface area contributed by atoms with Gasteiger partial charge in [-0.25, -0.2) is 0 Å². The Hall–Kier alpha value is -0.930. The lowest BCUT2D eigenvalue weighted by atomic mass is 9.97. The Morgan fingerprint density at radius 3 is 2.61 bits per heavy atom. The molecule has 1 fully saturated rings. The van der Waals surface area contributed by atoms with Crippen LogP contribution in [0.1, 0.15) is 18.4 Å². The summed E-state index contributed by atoms with van der Waals surface area (Å²) >= 11 is 6.12. The molecule has 0 radical (unpaired) electrons. The number of hydrogen-bond donors (Lipinski definition) is 1. The fourth-order valence-corrected chi connectivity index (χ4v) is 2.57. The highest BCUT2D eigenvalue weighted by Gasteiger charge is 2.21. The lowest BCUT2D eigenvalue weighted by molar-refractivity contribution is 0.203. The van der Waals surface area contributed by atoms with Gasteiger partial charge in [-0.2, -0.15) is 0 Å². The van der Waals surface area contributed by atoms with Gasteiger partial charge in [0, 0.05) is 30.8 Å². The minimum absolute atomic E-state index is 0.296. The third-order valence-electron chi connectivity index (χ3n) is 3.67. The van der Waals surface area contributed by atoms with E-state index < -0.39 is 0 Å². The summed E-state index contributed by atoms with van der Waals surface area (Å²) in [4.78, 5) is 2.31. The summed E-state index contributed by atoms with van der Waals surface area (Å²) in [7, 11) is 1.67. The zero-order chi connectivity index (χ0) is 13.1. The number of aryl methyl sites for hydroxylation is 1. The largest absolute Gasteiger partial charge is 0.495 e. The smallest absolute Gasteiger partial charge is 0.143 e. The monoisotopic (exact) mass is 269 g/mol. The molecule has 1 heterocycles. The van der Waals surface area contributed by atoms with Gasteiger partial charge in [0.2, 0.25) is 0 Å². The molecule has 0 spiro atoms. The molecule has 0 unspecified atom stereocenters. The molecule has 1 N–H and O–H groups in total. The Bertz CT molecular complexity index is 415. The van der Waals surface area contributed by atoms with Gasteiger partial charge < -0.3 is 14.7 Å². The first-order chi connectivity index (χ1) is 8.65. The zero-order valence-corrected chi connectivity index (χ0v) is 11.7. The molecule has 1 saturated heterocycles. The number of ether oxygens (including phenoxy) is 1. The van der Waals surface area contributed by atoms with Gasteiger partial charge in [-0.1, -0.05) is 11.6 Å². The minimum Gasteiger partial charge on any atom is -0.495 e. The molecule has 4 heteroatoms. The number of rotatable bonds is 3. The summed E-state index contributed by atoms with van der Waals surface area (Å²) in [5.74, 6) is 1.27. The van der Waals surface area contributed by atoms with Crippen LogP contribution in [0.5, 0.6) is 5.75 Å². The molecule has 0 bridgehead atoms. The number of aliphatic hydroxyl groups is 1. The van der Waals surface area contributed by atoms with Crippen molar-refractivity contribution in [2.24, 2.45) is 5.92 Å². The molecule has 18 heavy (non-hydrogen) atoms. The van der Waals surface area contributed by atoms with Gasteiger partial charge in [-0.3, -0.25) is 0 Å². The standard InChI is InChI=1S/C14H20ClNO2/c1-10-7-13(14(18-2)8-12(10)15)16-5-3-11(9-17)4-6-16/h7-8,11,17H,3-6,9H2,1-2H3. The number of anilines is 1. The maximum Gasteiger partial charge on any atom is 0.143 e. The fourth-order valence-electron chi connectivity index (χ4n) is 2.42. The van der Waals surface area contributed by atoms with Gasteiger partial charge in [0.15, 0.2) is 0 Å². The van der Waals surface area contributed by atoms with Crippen LogP contribution in [0.25, 0.3) is 0 Å². The van der Waals surface area contributed by atoms with E-state index in [1.165, 1.54) is 0 Å². The average molecular weight is 270 g/mol. The Balaban J connectivity index is 2.20. The number of nitrogens with zero attached hydrogens (tertiary/aromatic N) is 1. The van der Waals surface area contributed by atoms with Gasteiger partial charge >= 0.3 is 0 Å². The van der Waals surface area contributed by atoms with E-state index in [4.69, 9.17) is 21.4 Å². The maximum absolute atomic E-state index is 9.17. The van der Waals surface area contributed by atoms with Gasteiger partial charge in [-0.15, -0.1) is 0 Å². The number of aliphatic hydroxyl groups excluding tert-OH is 1. The first-order valence-corrected chi connectivity index (χ1v) is 6.73. The van der Waals surface area contributed by atoms with Crippen LogP contribution in [0.15, 0.2) is 12.1 Å². The Morgan fingerprint density at radius 2 is 2.06 bits per heavy atom. The van der Waals surface area contributed by atoms with E-state index in [9.17, 15) is 0 Å². The molecule has 0 aromatic heterocycles. The molecule has 1 aromatic rings. The first kappa shape index (κ1) is 13.5. The van der Waals surface area contributed by atoms with Crippen molar-refractivity contribution in [3.05, 3.63) is 22.7 Å². The van der Waals surface area contributed by atoms with Gasteiger partial charge in [0.25, 0.3) is 0 Å². The van der Waals surface area contributed by atoms with Crippen LogP contribution >= 0.6 is 11.6 Å². The Kier molecular flexibility index (Phi) is 4.36. The van der Waals surface area contributed by atoms with Crippen LogP contribution < -0.4 is 9.64 Å². The lowest BCUT2D eigenvalue weighted by Gasteiger charge is -2.34. The van der Waals surface area contributed by atoms with Crippen LogP contribution in [-0.2, 0) is 0 Å². The molecule has 1 aliphatic heterocycles. The van der Waals surface area contributed by atoms with Crippen LogP contribution in [0.4, 0.5) is 5.69 Å². The summed E-state index contributed by atoms with van der Waals surface area (Å²) in [6.45, 7) is 4.22. The van der Waals surface area contributed by atoms with Crippen molar-refractivity contribution >= 4 is 17.3 Å². The molecule has 1 aromatic carbocycles. The predicted octanol–water partition coefficient (Wildman–Crippen LogP) is 2.87. The molecule has 0 atom stereocenters. The van der Waals surface area contributed by atoms with Gasteiger partial charge in [0.05, 0.1) is 12.8 Å². The van der Waals surface area contributed by atoms with E-state index in [1.807, 2.05) is 13.0 Å². The van der Waals surface area contributed by atoms with E-state index >= 15 is 0 Å². The highest BCUT2D eigenvalue weighted by Crippen LogP contribution is 2.35. The van der Waals surface area contributed by atoms with Crippen molar-refractivity contribution in [3.8, 4) is 5.75 Å². The van der Waals surface area contributed by atoms with Crippen LogP contribution in [-0.4, -0.2) is 31.9 Å². The number of hydrogen-bond acceptors (Lipinski definition) is 3. The summed E-state index contributed by atoms with van der Waals surface area (Å²) < 4.78 is 5.41. The normalized spacial score (nSPS) is 17.0. The Labute approximate surface area is 113 Å². The van der Waals surface area contributed by atoms with Crippen molar-refractivity contribution < 1.29 is 9.84 Å². The zero-order valence-electron chi connectivity index (χ0n) is 10.9. The first-order valence-electron chi connectivity index (χ1n) is 6.35. The number of methoxy groups -OCH3 is 1. The highest BCUT2D eigenvalue weighted by atomic mass is 35.5. The van der Waals surface area contributed by atoms with Gasteiger partial charge in [0.1, 0.15) is 5.75 Å². The molecule has 2 rings (SSSR count). The molecule has 0 saturated carbocycles. The second kappa shape index (κ2) is 5.81. The van der Waals surface area contributed by atoms with Gasteiger partial charge in [-0.05, 0) is 37.3 Å². The molecular formula is C14H20ClNO2. The fraction of sp³-hybridized carbons (Fsp3) is 0.571. The third-order valence-corrected chi connectivity index (χ3v) is 4.08. The molecule has 0 aliphatic carbocycles. The lowest BCUT2D eigenvalue weighted by Crippen LogP contribution is -2.35. The van der Waals surface area contributed by atoms with Crippen molar-refractivity contribution in [3.63, 3.8) is 0 Å². The molecule has 1 aliphatic rings. The summed E-state index contributed by atoms with van der Waals surface area (Å²) in [5, 5.41) is 9.91. The van der Waals surface area contributed by atoms with E-state index in [1.54, 1.807) is 7.11 Å². The van der Waals surface area contributed by atoms with Crippen molar-refractivity contribution in [2.45, 2.75) is 19.8 Å². The quantitative estimate of drug-likeness (QED) is 0.916. The van der Waals surface area contributed by atoms with E-state index in [-0.39, 0.29) is 0 Å². The molecular weight excluding hydrogens is 250 g/mol. The Morgan fingerprint density at radius 1 is 1.39 bits per heavy atom. The van der Waals surface area contributed by atoms with Crippen LogP contribution in [0.2, 0.25) is 5.02 Å². The van der Waals surface area contributed by atoms with E-state index in [0.717, 1.165) is 48.0 Å². The second-order valence-corrected chi connectivity index (χ2v) is 5.29. The number of benzene rings is 1. The van der Waals surface area contributed by atoms with Crippen molar-refractivity contribution in [1.29, 1.82) is 0 Å². The van der Waals surface area contributed by atoms with Crippen molar-refractivity contribution in [2.75, 3.05) is 31.7 Å². The molecule has 0 amide bonds. The topological polar surface area (TPSA) is 32.7 Å². The maximum atomic E-state index is 9.17. The van der Waals surface area contributed by atoms with E-state index in [0.29, 0.717) is 12.5 Å². The highest BCUT2D eigenvalue weighted by molar-refractivity contribution is 6.31. The summed E-state index contributed by atoms with van der Waals surface area (Å²) in [6, 6.07) is 3.96. The predicted molar refractivity (Wildman–Crippen MR) is 74.8 cm³/mol. The summed E-state index contributed by atoms with van der Waals surface area (Å²) in [6.07, 6.45) is 2.06. The number of halogens is 1. The van der Waals surface area contributed by atoms with E-state index in [2.05, 4.69) is 11.0 Å². The van der Waals surface area contributed by atoms with Crippen molar-refractivity contribution in [1.82, 2.24) is 0 Å². The van der Waals surface area contributed by atoms with Crippen LogP contribution in [0, 0.1) is 12.8 Å². The molecule has 100 valence electrons. The van der Waals surface area contributed by atoms with Crippen LogP contribution in [0.3, 0.4) is 0 Å². The summed E-state index contributed by atoms with van der Waals surface area (Å²) in [5.41, 5.74) is 2.17. The molecule has 3 nitrogen and oxygen atoms in total. The minimum atomic E-state index is 0.296. The second-order valence-electron chi connectivity index (χ2n) is 4.89. The average Bonchev–Trinajstić information content (AvgIpc) is 2.41. The SMILES string of the molecule is COc1cc(Cl)c(C)cc1N1CCC(CO)CC1.